The lowest BCUT2D eigenvalue weighted by Crippen LogP contribution is -2.46. The number of halogens is 2. The maximum atomic E-state index is 13.4. The van der Waals surface area contributed by atoms with Crippen molar-refractivity contribution in [3.63, 3.8) is 0 Å². The Labute approximate surface area is 227 Å². The fourth-order valence-electron chi connectivity index (χ4n) is 4.88. The quantitative estimate of drug-likeness (QED) is 0.491. The Kier molecular flexibility index (Phi) is 7.63. The fourth-order valence-corrected chi connectivity index (χ4v) is 6.43. The molecule has 1 amide bonds. The van der Waals surface area contributed by atoms with Gasteiger partial charge in [-0.15, -0.1) is 0 Å². The molecule has 37 heavy (non-hydrogen) atoms. The molecule has 2 aromatic rings. The molecule has 1 saturated carbocycles. The Balaban J connectivity index is 1.66. The Hall–Kier alpha value is -2.59. The van der Waals surface area contributed by atoms with E-state index < -0.39 is 21.6 Å². The zero-order valence-electron chi connectivity index (χ0n) is 21.1. The highest BCUT2D eigenvalue weighted by Crippen LogP contribution is 2.47. The summed E-state index contributed by atoms with van der Waals surface area (Å²) in [6.45, 7) is 2.28. The number of carbonyl (C=O) groups excluding carboxylic acids is 1. The predicted molar refractivity (Wildman–Crippen MR) is 147 cm³/mol. The zero-order chi connectivity index (χ0) is 27.1. The van der Waals surface area contributed by atoms with Crippen LogP contribution in [0.5, 0.6) is 5.75 Å². The first-order valence-electron chi connectivity index (χ1n) is 11.8. The molecule has 0 unspecified atom stereocenters. The number of nitrogens with one attached hydrogen (secondary N) is 1. The lowest BCUT2D eigenvalue weighted by atomic mass is 9.90. The number of nitrogens with two attached hydrogens (primary N) is 1. The minimum Gasteiger partial charge on any atom is -0.495 e. The van der Waals surface area contributed by atoms with Crippen LogP contribution in [0.3, 0.4) is 0 Å². The molecule has 0 aromatic heterocycles. The number of carbonyl (C=O) groups is 1. The van der Waals surface area contributed by atoms with Crippen LogP contribution >= 0.6 is 23.2 Å². The number of aliphatic imine (C=N–C) groups is 1. The lowest BCUT2D eigenvalue weighted by molar-refractivity contribution is 0.0706. The van der Waals surface area contributed by atoms with Gasteiger partial charge < -0.3 is 15.4 Å². The summed E-state index contributed by atoms with van der Waals surface area (Å²) < 4.78 is 31.9. The van der Waals surface area contributed by atoms with Crippen LogP contribution in [0.25, 0.3) is 0 Å². The van der Waals surface area contributed by atoms with Gasteiger partial charge in [-0.05, 0) is 62.1 Å². The Morgan fingerprint density at radius 1 is 1.24 bits per heavy atom. The van der Waals surface area contributed by atoms with Crippen LogP contribution in [0, 0.1) is 0 Å². The van der Waals surface area contributed by atoms with Crippen LogP contribution in [0.15, 0.2) is 52.7 Å². The number of sulfonamides is 1. The second-order valence-electron chi connectivity index (χ2n) is 9.44. The van der Waals surface area contributed by atoms with E-state index in [0.29, 0.717) is 53.6 Å². The third-order valence-electron chi connectivity index (χ3n) is 6.91. The number of nitrogens with zero attached hydrogens (tertiary/aromatic N) is 2. The second-order valence-corrected chi connectivity index (χ2v) is 12.0. The van der Waals surface area contributed by atoms with Crippen molar-refractivity contribution in [3.05, 3.63) is 74.4 Å². The topological polar surface area (TPSA) is 114 Å². The molecule has 3 N–H and O–H groups in total. The molecule has 11 heteroatoms. The maximum Gasteiger partial charge on any atom is 0.256 e. The standard InChI is InChI=1S/C26H30Cl2N4O4S/c1-15-23(29)20(8-11-32(15)25(33)19-6-5-7-21(36-3)22(19)28)24(30-2)16-12-17(14-18(27)13-16)26(9-10-26)31-37(4,34)35/h5-7,12-15,31H,8-11,29H2,1-4H3/t15-/m0/s1. The maximum absolute atomic E-state index is 13.4. The minimum absolute atomic E-state index is 0.235. The summed E-state index contributed by atoms with van der Waals surface area (Å²) in [6.07, 6.45) is 3.00. The molecule has 0 bridgehead atoms. The lowest BCUT2D eigenvalue weighted by Gasteiger charge is -2.36. The van der Waals surface area contributed by atoms with E-state index in [0.717, 1.165) is 23.0 Å². The molecule has 198 valence electrons. The van der Waals surface area contributed by atoms with E-state index in [1.165, 1.54) is 7.11 Å². The average Bonchev–Trinajstić information content (AvgIpc) is 3.61. The molecule has 0 saturated heterocycles. The van der Waals surface area contributed by atoms with Crippen molar-refractivity contribution >= 4 is 44.8 Å². The van der Waals surface area contributed by atoms with Gasteiger partial charge in [0.1, 0.15) is 5.75 Å². The summed E-state index contributed by atoms with van der Waals surface area (Å²) in [7, 11) is -0.230. The van der Waals surface area contributed by atoms with Gasteiger partial charge in [-0.1, -0.05) is 29.3 Å². The van der Waals surface area contributed by atoms with Crippen LogP contribution in [-0.4, -0.2) is 57.9 Å². The summed E-state index contributed by atoms with van der Waals surface area (Å²) >= 11 is 12.9. The van der Waals surface area contributed by atoms with E-state index >= 15 is 0 Å². The molecule has 1 aliphatic carbocycles. The van der Waals surface area contributed by atoms with Crippen LogP contribution in [0.2, 0.25) is 10.0 Å². The third kappa shape index (κ3) is 5.50. The Morgan fingerprint density at radius 2 is 1.95 bits per heavy atom. The first kappa shape index (κ1) is 27.4. The van der Waals surface area contributed by atoms with Gasteiger partial charge in [0, 0.05) is 35.4 Å². The van der Waals surface area contributed by atoms with Crippen molar-refractivity contribution in [3.8, 4) is 5.75 Å². The van der Waals surface area contributed by atoms with Crippen molar-refractivity contribution in [1.82, 2.24) is 9.62 Å². The van der Waals surface area contributed by atoms with Crippen LogP contribution < -0.4 is 15.2 Å². The molecule has 2 aromatic carbocycles. The number of benzene rings is 2. The molecule has 0 radical (unpaired) electrons. The van der Waals surface area contributed by atoms with E-state index in [9.17, 15) is 13.2 Å². The van der Waals surface area contributed by atoms with Gasteiger partial charge in [0.25, 0.3) is 5.91 Å². The molecule has 1 aliphatic heterocycles. The average molecular weight is 566 g/mol. The number of rotatable bonds is 7. The summed E-state index contributed by atoms with van der Waals surface area (Å²) in [6, 6.07) is 10.2. The fraction of sp³-hybridized carbons (Fsp3) is 0.385. The van der Waals surface area contributed by atoms with E-state index in [4.69, 9.17) is 33.7 Å². The first-order chi connectivity index (χ1) is 17.4. The molecular formula is C26H30Cl2N4O4S. The van der Waals surface area contributed by atoms with Crippen molar-refractivity contribution in [2.45, 2.75) is 37.8 Å². The van der Waals surface area contributed by atoms with E-state index in [1.807, 2.05) is 13.0 Å². The highest BCUT2D eigenvalue weighted by atomic mass is 35.5. The molecular weight excluding hydrogens is 535 g/mol. The smallest absolute Gasteiger partial charge is 0.256 e. The SMILES string of the molecule is CN=C(C1=C(N)[C@H](C)N(C(=O)c2cccc(OC)c2Cl)CC1)c1cc(Cl)cc(C2(NS(C)(=O)=O)CC2)c1. The second kappa shape index (κ2) is 10.3. The van der Waals surface area contributed by atoms with E-state index in [1.54, 1.807) is 42.3 Å². The van der Waals surface area contributed by atoms with Crippen molar-refractivity contribution in [1.29, 1.82) is 0 Å². The van der Waals surface area contributed by atoms with Gasteiger partial charge >= 0.3 is 0 Å². The van der Waals surface area contributed by atoms with Crippen LogP contribution in [0.1, 0.15) is 47.7 Å². The molecule has 1 heterocycles. The van der Waals surface area contributed by atoms with Crippen LogP contribution in [0.4, 0.5) is 0 Å². The van der Waals surface area contributed by atoms with Gasteiger partial charge in [0.15, 0.2) is 0 Å². The number of amides is 1. The van der Waals surface area contributed by atoms with Gasteiger partial charge in [0.2, 0.25) is 10.0 Å². The summed E-state index contributed by atoms with van der Waals surface area (Å²) in [4.78, 5) is 19.6. The van der Waals surface area contributed by atoms with Crippen LogP contribution in [-0.2, 0) is 15.6 Å². The minimum atomic E-state index is -3.41. The molecule has 0 spiro atoms. The molecule has 4 rings (SSSR count). The molecule has 8 nitrogen and oxygen atoms in total. The summed E-state index contributed by atoms with van der Waals surface area (Å²) in [5, 5.41) is 0.734. The highest BCUT2D eigenvalue weighted by Gasteiger charge is 2.47. The predicted octanol–water partition coefficient (Wildman–Crippen LogP) is 4.11. The molecule has 1 fully saturated rings. The molecule has 1 atom stereocenters. The summed E-state index contributed by atoms with van der Waals surface area (Å²) in [5.41, 5.74) is 9.84. The number of methoxy groups -OCH3 is 1. The van der Waals surface area contributed by atoms with Crippen molar-refractivity contribution in [2.24, 2.45) is 10.7 Å². The van der Waals surface area contributed by atoms with E-state index in [-0.39, 0.29) is 10.9 Å². The first-order valence-corrected chi connectivity index (χ1v) is 14.4. The summed E-state index contributed by atoms with van der Waals surface area (Å²) in [5.74, 6) is 0.193. The van der Waals surface area contributed by atoms with E-state index in [2.05, 4.69) is 9.71 Å². The number of hydrogen-bond acceptors (Lipinski definition) is 6. The van der Waals surface area contributed by atoms with Crippen molar-refractivity contribution in [2.75, 3.05) is 27.0 Å². The molecule has 2 aliphatic rings. The Bertz CT molecular complexity index is 1420. The third-order valence-corrected chi connectivity index (χ3v) is 8.28. The Morgan fingerprint density at radius 3 is 2.54 bits per heavy atom. The number of hydrogen-bond donors (Lipinski definition) is 2. The van der Waals surface area contributed by atoms with Gasteiger partial charge in [-0.3, -0.25) is 9.79 Å². The highest BCUT2D eigenvalue weighted by molar-refractivity contribution is 7.88. The largest absolute Gasteiger partial charge is 0.495 e. The zero-order valence-corrected chi connectivity index (χ0v) is 23.5. The van der Waals surface area contributed by atoms with Gasteiger partial charge in [-0.25, -0.2) is 13.1 Å². The van der Waals surface area contributed by atoms with Crippen molar-refractivity contribution < 1.29 is 17.9 Å². The van der Waals surface area contributed by atoms with Gasteiger partial charge in [-0.2, -0.15) is 0 Å². The van der Waals surface area contributed by atoms with Gasteiger partial charge in [0.05, 0.1) is 41.2 Å². The normalized spacial score (nSPS) is 19.7. The monoisotopic (exact) mass is 564 g/mol. The number of ether oxygens (including phenoxy) is 1.